The van der Waals surface area contributed by atoms with E-state index in [9.17, 15) is 18.8 Å². The molecule has 0 radical (unpaired) electrons. The smallest absolute Gasteiger partial charge is 0.333 e. The third-order valence-corrected chi connectivity index (χ3v) is 8.22. The van der Waals surface area contributed by atoms with E-state index in [1.807, 2.05) is 18.7 Å². The molecule has 1 aliphatic carbocycles. The van der Waals surface area contributed by atoms with Crippen LogP contribution in [0.25, 0.3) is 11.0 Å². The molecule has 3 aromatic rings. The number of amides is 1. The number of hydrogen-bond donors (Lipinski definition) is 1. The van der Waals surface area contributed by atoms with Crippen LogP contribution in [0.2, 0.25) is 0 Å². The van der Waals surface area contributed by atoms with Crippen LogP contribution in [0.4, 0.5) is 4.39 Å². The van der Waals surface area contributed by atoms with Crippen molar-refractivity contribution in [2.75, 3.05) is 18.1 Å². The summed E-state index contributed by atoms with van der Waals surface area (Å²) in [5.74, 6) is 1.27. The lowest BCUT2D eigenvalue weighted by atomic mass is 9.90. The Morgan fingerprint density at radius 1 is 1.11 bits per heavy atom. The highest BCUT2D eigenvalue weighted by atomic mass is 32.2. The second-order valence-electron chi connectivity index (χ2n) is 9.46. The summed E-state index contributed by atoms with van der Waals surface area (Å²) >= 11 is 1.84. The number of carbonyl (C=O) groups excluding carboxylic acids is 1. The van der Waals surface area contributed by atoms with Gasteiger partial charge in [0.05, 0.1) is 18.2 Å². The van der Waals surface area contributed by atoms with Crippen LogP contribution in [0, 0.1) is 5.82 Å². The van der Waals surface area contributed by atoms with Gasteiger partial charge in [-0.1, -0.05) is 0 Å². The zero-order valence-electron chi connectivity index (χ0n) is 20.7. The van der Waals surface area contributed by atoms with Crippen LogP contribution in [0.1, 0.15) is 67.9 Å². The predicted octanol–water partition coefficient (Wildman–Crippen LogP) is 3.47. The van der Waals surface area contributed by atoms with Crippen LogP contribution < -0.4 is 21.3 Å². The van der Waals surface area contributed by atoms with Gasteiger partial charge in [-0.2, -0.15) is 11.8 Å². The molecule has 37 heavy (non-hydrogen) atoms. The highest BCUT2D eigenvalue weighted by Gasteiger charge is 2.30. The fraction of sp³-hybridized carbons (Fsp3) is 0.500. The van der Waals surface area contributed by atoms with Crippen molar-refractivity contribution in [2.45, 2.75) is 63.6 Å². The quantitative estimate of drug-likeness (QED) is 0.523. The Labute approximate surface area is 217 Å². The van der Waals surface area contributed by atoms with E-state index in [0.29, 0.717) is 43.7 Å². The summed E-state index contributed by atoms with van der Waals surface area (Å²) in [6, 6.07) is 4.04. The van der Waals surface area contributed by atoms with Gasteiger partial charge in [0.1, 0.15) is 17.0 Å². The van der Waals surface area contributed by atoms with Gasteiger partial charge >= 0.3 is 5.69 Å². The molecule has 2 fully saturated rings. The Kier molecular flexibility index (Phi) is 7.59. The molecule has 1 saturated carbocycles. The molecule has 3 aromatic heterocycles. The third kappa shape index (κ3) is 5.14. The van der Waals surface area contributed by atoms with Crippen molar-refractivity contribution < 1.29 is 13.9 Å². The summed E-state index contributed by atoms with van der Waals surface area (Å²) in [6.07, 6.45) is 6.53. The van der Waals surface area contributed by atoms with Gasteiger partial charge in [-0.25, -0.2) is 19.2 Å². The average molecular weight is 528 g/mol. The number of fused-ring (bicyclic) bond motifs is 1. The molecule has 0 aromatic carbocycles. The van der Waals surface area contributed by atoms with Gasteiger partial charge in [0.2, 0.25) is 5.88 Å². The fourth-order valence-electron chi connectivity index (χ4n) is 5.36. The first-order chi connectivity index (χ1) is 18.0. The maximum atomic E-state index is 14.1. The molecule has 1 saturated heterocycles. The van der Waals surface area contributed by atoms with E-state index in [2.05, 4.69) is 15.3 Å². The monoisotopic (exact) mass is 527 g/mol. The molecule has 0 spiro atoms. The largest absolute Gasteiger partial charge is 0.477 e. The number of pyridine rings is 2. The number of halogens is 1. The third-order valence-electron chi connectivity index (χ3n) is 7.17. The van der Waals surface area contributed by atoms with E-state index in [-0.39, 0.29) is 40.8 Å². The zero-order chi connectivity index (χ0) is 25.9. The highest BCUT2D eigenvalue weighted by Crippen LogP contribution is 2.30. The second kappa shape index (κ2) is 11.0. The first-order valence-electron chi connectivity index (χ1n) is 12.8. The minimum atomic E-state index is -0.603. The summed E-state index contributed by atoms with van der Waals surface area (Å²) in [4.78, 5) is 48.3. The normalized spacial score (nSPS) is 20.6. The van der Waals surface area contributed by atoms with Crippen LogP contribution in [0.3, 0.4) is 0 Å². The summed E-state index contributed by atoms with van der Waals surface area (Å²) in [6.45, 7) is 2.23. The minimum absolute atomic E-state index is 0.0734. The van der Waals surface area contributed by atoms with Crippen molar-refractivity contribution in [3.63, 3.8) is 0 Å². The first-order valence-corrected chi connectivity index (χ1v) is 13.9. The molecule has 4 heterocycles. The van der Waals surface area contributed by atoms with Gasteiger partial charge in [-0.05, 0) is 75.2 Å². The van der Waals surface area contributed by atoms with E-state index in [1.165, 1.54) is 10.6 Å². The molecule has 0 bridgehead atoms. The van der Waals surface area contributed by atoms with Gasteiger partial charge in [0, 0.05) is 24.3 Å². The van der Waals surface area contributed by atoms with Gasteiger partial charge in [0.15, 0.2) is 0 Å². The maximum absolute atomic E-state index is 14.1. The topological polar surface area (TPSA) is 108 Å². The van der Waals surface area contributed by atoms with Crippen LogP contribution in [-0.4, -0.2) is 49.2 Å². The number of rotatable bonds is 6. The molecule has 0 unspecified atom stereocenters. The lowest BCUT2D eigenvalue weighted by Crippen LogP contribution is -2.46. The highest BCUT2D eigenvalue weighted by molar-refractivity contribution is 7.99. The Bertz CT molecular complexity index is 1410. The zero-order valence-corrected chi connectivity index (χ0v) is 21.5. The number of aromatic nitrogens is 4. The van der Waals surface area contributed by atoms with Crippen LogP contribution in [0.5, 0.6) is 5.88 Å². The van der Waals surface area contributed by atoms with Gasteiger partial charge in [0.25, 0.3) is 11.5 Å². The van der Waals surface area contributed by atoms with Gasteiger partial charge < -0.3 is 10.1 Å². The van der Waals surface area contributed by atoms with Gasteiger partial charge in [-0.3, -0.25) is 18.7 Å². The Hall–Kier alpha value is -3.21. The van der Waals surface area contributed by atoms with E-state index in [4.69, 9.17) is 4.74 Å². The van der Waals surface area contributed by atoms with Crippen molar-refractivity contribution in [3.05, 3.63) is 62.8 Å². The SMILES string of the molecule is CCOc1ncccc1C(=O)NC1CCC(n2c(=O)c3cc(F)cnc3n(C3CCSCC3)c2=O)CC1. The molecule has 0 atom stereocenters. The number of carbonyl (C=O) groups is 1. The van der Waals surface area contributed by atoms with E-state index < -0.39 is 11.4 Å². The van der Waals surface area contributed by atoms with E-state index >= 15 is 0 Å². The molecule has 2 aliphatic rings. The van der Waals surface area contributed by atoms with Gasteiger partial charge in [-0.15, -0.1) is 0 Å². The summed E-state index contributed by atoms with van der Waals surface area (Å²) in [5.41, 5.74) is -0.248. The Morgan fingerprint density at radius 3 is 2.57 bits per heavy atom. The number of nitrogens with zero attached hydrogens (tertiary/aromatic N) is 4. The summed E-state index contributed by atoms with van der Waals surface area (Å²) < 4.78 is 22.5. The molecular weight excluding hydrogens is 497 g/mol. The van der Waals surface area contributed by atoms with E-state index in [1.54, 1.807) is 22.9 Å². The Morgan fingerprint density at radius 2 is 1.84 bits per heavy atom. The standard InChI is InChI=1S/C26H30FN5O4S/c1-2-36-24-20(4-3-11-28-24)23(33)30-17-5-7-18(8-6-17)32-25(34)21-14-16(27)15-29-22(21)31(26(32)35)19-9-12-37-13-10-19/h3-4,11,14-15,17-19H,2,5-10,12-13H2,1H3,(H,30,33). The van der Waals surface area contributed by atoms with Crippen molar-refractivity contribution in [3.8, 4) is 5.88 Å². The first kappa shape index (κ1) is 25.4. The van der Waals surface area contributed by atoms with Crippen LogP contribution in [0.15, 0.2) is 40.2 Å². The molecule has 1 aliphatic heterocycles. The summed E-state index contributed by atoms with van der Waals surface area (Å²) in [5, 5.41) is 3.18. The minimum Gasteiger partial charge on any atom is -0.477 e. The molecule has 196 valence electrons. The number of ether oxygens (including phenoxy) is 1. The van der Waals surface area contributed by atoms with Crippen molar-refractivity contribution >= 4 is 28.7 Å². The van der Waals surface area contributed by atoms with Crippen molar-refractivity contribution in [1.29, 1.82) is 0 Å². The lowest BCUT2D eigenvalue weighted by Gasteiger charge is -2.31. The van der Waals surface area contributed by atoms with E-state index in [0.717, 1.165) is 30.5 Å². The molecule has 9 nitrogen and oxygen atoms in total. The Balaban J connectivity index is 1.39. The fourth-order valence-corrected chi connectivity index (χ4v) is 6.44. The average Bonchev–Trinajstić information content (AvgIpc) is 2.91. The van der Waals surface area contributed by atoms with Crippen LogP contribution >= 0.6 is 11.8 Å². The molecule has 1 amide bonds. The summed E-state index contributed by atoms with van der Waals surface area (Å²) in [7, 11) is 0. The van der Waals surface area contributed by atoms with Crippen molar-refractivity contribution in [1.82, 2.24) is 24.4 Å². The lowest BCUT2D eigenvalue weighted by molar-refractivity contribution is 0.0917. The van der Waals surface area contributed by atoms with Crippen LogP contribution in [-0.2, 0) is 0 Å². The second-order valence-corrected chi connectivity index (χ2v) is 10.7. The molecule has 1 N–H and O–H groups in total. The molecular formula is C26H30FN5O4S. The number of hydrogen-bond acceptors (Lipinski definition) is 7. The molecule has 5 rings (SSSR count). The van der Waals surface area contributed by atoms with Crippen molar-refractivity contribution in [2.24, 2.45) is 0 Å². The number of thioether (sulfide) groups is 1. The number of nitrogens with one attached hydrogen (secondary N) is 1. The maximum Gasteiger partial charge on any atom is 0.333 e. The predicted molar refractivity (Wildman–Crippen MR) is 140 cm³/mol. The molecule has 11 heteroatoms.